The quantitative estimate of drug-likeness (QED) is 0.685. The highest BCUT2D eigenvalue weighted by Crippen LogP contribution is 2.11. The highest BCUT2D eigenvalue weighted by Gasteiger charge is 2.20. The molecule has 7 heteroatoms. The molecule has 0 bridgehead atoms. The van der Waals surface area contributed by atoms with Crippen molar-refractivity contribution < 1.29 is 5.11 Å². The molecule has 1 aliphatic heterocycles. The third kappa shape index (κ3) is 2.13. The SMILES string of the molecule is CCc1c(O)n(N2CCN(C)CC2)c(=O)[nH]c1=O. The predicted molar refractivity (Wildman–Crippen MR) is 67.8 cm³/mol. The Morgan fingerprint density at radius 3 is 2.39 bits per heavy atom. The van der Waals surface area contributed by atoms with E-state index in [4.69, 9.17) is 0 Å². The van der Waals surface area contributed by atoms with E-state index in [2.05, 4.69) is 9.88 Å². The van der Waals surface area contributed by atoms with E-state index in [0.29, 0.717) is 19.5 Å². The van der Waals surface area contributed by atoms with E-state index in [0.717, 1.165) is 13.1 Å². The molecule has 100 valence electrons. The van der Waals surface area contributed by atoms with Crippen molar-refractivity contribution in [3.8, 4) is 5.88 Å². The van der Waals surface area contributed by atoms with E-state index in [1.807, 2.05) is 7.05 Å². The Balaban J connectivity index is 2.45. The first-order valence-corrected chi connectivity index (χ1v) is 6.05. The van der Waals surface area contributed by atoms with Crippen molar-refractivity contribution in [2.45, 2.75) is 13.3 Å². The number of rotatable bonds is 2. The molecule has 0 aliphatic carbocycles. The third-order valence-electron chi connectivity index (χ3n) is 3.27. The van der Waals surface area contributed by atoms with E-state index >= 15 is 0 Å². The summed E-state index contributed by atoms with van der Waals surface area (Å²) in [5.41, 5.74) is -0.849. The van der Waals surface area contributed by atoms with E-state index < -0.39 is 11.2 Å². The zero-order chi connectivity index (χ0) is 13.3. The van der Waals surface area contributed by atoms with Crippen molar-refractivity contribution in [2.75, 3.05) is 38.2 Å². The molecule has 2 N–H and O–H groups in total. The van der Waals surface area contributed by atoms with Gasteiger partial charge in [-0.25, -0.2) is 4.79 Å². The van der Waals surface area contributed by atoms with Crippen LogP contribution in [0.25, 0.3) is 0 Å². The molecule has 1 aromatic heterocycles. The van der Waals surface area contributed by atoms with Gasteiger partial charge in [0.05, 0.1) is 5.56 Å². The second-order valence-corrected chi connectivity index (χ2v) is 4.48. The molecule has 1 fully saturated rings. The Kier molecular flexibility index (Phi) is 3.42. The first-order chi connectivity index (χ1) is 8.54. The van der Waals surface area contributed by atoms with Crippen molar-refractivity contribution in [1.82, 2.24) is 14.6 Å². The van der Waals surface area contributed by atoms with Gasteiger partial charge in [0, 0.05) is 26.2 Å². The zero-order valence-electron chi connectivity index (χ0n) is 10.6. The van der Waals surface area contributed by atoms with Crippen molar-refractivity contribution >= 4 is 0 Å². The number of nitrogens with zero attached hydrogens (tertiary/aromatic N) is 3. The number of aromatic nitrogens is 2. The summed E-state index contributed by atoms with van der Waals surface area (Å²) in [6.45, 7) is 4.67. The van der Waals surface area contributed by atoms with Gasteiger partial charge < -0.3 is 15.0 Å². The van der Waals surface area contributed by atoms with Crippen LogP contribution in [0.15, 0.2) is 9.59 Å². The molecule has 0 aromatic carbocycles. The summed E-state index contributed by atoms with van der Waals surface area (Å²) in [7, 11) is 2.00. The summed E-state index contributed by atoms with van der Waals surface area (Å²) in [6.07, 6.45) is 0.384. The van der Waals surface area contributed by atoms with Crippen LogP contribution in [0.2, 0.25) is 0 Å². The van der Waals surface area contributed by atoms with Gasteiger partial charge in [-0.3, -0.25) is 9.78 Å². The van der Waals surface area contributed by atoms with E-state index in [1.165, 1.54) is 4.68 Å². The van der Waals surface area contributed by atoms with Gasteiger partial charge in [0.1, 0.15) is 0 Å². The van der Waals surface area contributed by atoms with E-state index in [-0.39, 0.29) is 11.4 Å². The first-order valence-electron chi connectivity index (χ1n) is 6.05. The lowest BCUT2D eigenvalue weighted by Crippen LogP contribution is -2.54. The van der Waals surface area contributed by atoms with Gasteiger partial charge in [0.2, 0.25) is 5.88 Å². The fourth-order valence-corrected chi connectivity index (χ4v) is 2.13. The smallest absolute Gasteiger partial charge is 0.350 e. The van der Waals surface area contributed by atoms with Gasteiger partial charge in [-0.15, -0.1) is 0 Å². The van der Waals surface area contributed by atoms with E-state index in [1.54, 1.807) is 11.9 Å². The van der Waals surface area contributed by atoms with Gasteiger partial charge in [-0.05, 0) is 13.5 Å². The number of H-pyrrole nitrogens is 1. The largest absolute Gasteiger partial charge is 0.493 e. The Morgan fingerprint density at radius 2 is 1.83 bits per heavy atom. The minimum atomic E-state index is -0.584. The summed E-state index contributed by atoms with van der Waals surface area (Å²) in [6, 6.07) is 0. The van der Waals surface area contributed by atoms with Crippen LogP contribution in [0.4, 0.5) is 0 Å². The fourth-order valence-electron chi connectivity index (χ4n) is 2.13. The molecule has 7 nitrogen and oxygen atoms in total. The minimum Gasteiger partial charge on any atom is -0.493 e. The molecule has 0 atom stereocenters. The van der Waals surface area contributed by atoms with Crippen molar-refractivity contribution in [3.63, 3.8) is 0 Å². The van der Waals surface area contributed by atoms with Crippen molar-refractivity contribution in [3.05, 3.63) is 26.4 Å². The number of piperazine rings is 1. The van der Waals surface area contributed by atoms with Crippen LogP contribution >= 0.6 is 0 Å². The molecule has 0 radical (unpaired) electrons. The van der Waals surface area contributed by atoms with Crippen LogP contribution in [-0.4, -0.2) is 52.9 Å². The third-order valence-corrected chi connectivity index (χ3v) is 3.27. The number of hydrogen-bond donors (Lipinski definition) is 2. The van der Waals surface area contributed by atoms with E-state index in [9.17, 15) is 14.7 Å². The summed E-state index contributed by atoms with van der Waals surface area (Å²) >= 11 is 0. The maximum atomic E-state index is 11.8. The number of hydrogen-bond acceptors (Lipinski definition) is 5. The summed E-state index contributed by atoms with van der Waals surface area (Å²) in [5.74, 6) is -0.240. The maximum Gasteiger partial charge on any atom is 0.350 e. The second-order valence-electron chi connectivity index (χ2n) is 4.48. The van der Waals surface area contributed by atoms with Crippen molar-refractivity contribution in [2.24, 2.45) is 0 Å². The lowest BCUT2D eigenvalue weighted by atomic mass is 10.2. The molecular weight excluding hydrogens is 236 g/mol. The molecule has 0 unspecified atom stereocenters. The lowest BCUT2D eigenvalue weighted by molar-refractivity contribution is 0.272. The summed E-state index contributed by atoms with van der Waals surface area (Å²) in [4.78, 5) is 27.7. The molecule has 1 saturated heterocycles. The fraction of sp³-hybridized carbons (Fsp3) is 0.636. The Morgan fingerprint density at radius 1 is 1.22 bits per heavy atom. The van der Waals surface area contributed by atoms with Gasteiger partial charge in [0.25, 0.3) is 5.56 Å². The molecule has 2 rings (SSSR count). The molecule has 18 heavy (non-hydrogen) atoms. The Labute approximate surface area is 104 Å². The van der Waals surface area contributed by atoms with Gasteiger partial charge in [0.15, 0.2) is 0 Å². The van der Waals surface area contributed by atoms with Crippen LogP contribution in [0, 0.1) is 0 Å². The molecule has 2 heterocycles. The van der Waals surface area contributed by atoms with Crippen LogP contribution < -0.4 is 16.3 Å². The number of aromatic amines is 1. The Bertz CT molecular complexity index is 540. The maximum absolute atomic E-state index is 11.8. The molecule has 0 amide bonds. The molecule has 1 aromatic rings. The number of likely N-dealkylation sites (N-methyl/N-ethyl adjacent to an activating group) is 1. The standard InChI is InChI=1S/C11H18N4O3/c1-3-8-9(16)12-11(18)15(10(8)17)14-6-4-13(2)5-7-14/h17H,3-7H2,1-2H3,(H,12,16,18). The Hall–Kier alpha value is -1.76. The topological polar surface area (TPSA) is 81.6 Å². The van der Waals surface area contributed by atoms with Crippen molar-refractivity contribution in [1.29, 1.82) is 0 Å². The van der Waals surface area contributed by atoms with Crippen LogP contribution in [0.5, 0.6) is 5.88 Å². The molecular formula is C11H18N4O3. The second kappa shape index (κ2) is 4.85. The normalized spacial score (nSPS) is 17.1. The monoisotopic (exact) mass is 254 g/mol. The summed E-state index contributed by atoms with van der Waals surface area (Å²) in [5, 5.41) is 11.8. The molecule has 0 spiro atoms. The summed E-state index contributed by atoms with van der Waals surface area (Å²) < 4.78 is 1.17. The van der Waals surface area contributed by atoms with Gasteiger partial charge >= 0.3 is 5.69 Å². The number of aromatic hydroxyl groups is 1. The van der Waals surface area contributed by atoms with Crippen LogP contribution in [0.1, 0.15) is 12.5 Å². The van der Waals surface area contributed by atoms with Crippen LogP contribution in [0.3, 0.4) is 0 Å². The highest BCUT2D eigenvalue weighted by molar-refractivity contribution is 5.24. The van der Waals surface area contributed by atoms with Gasteiger partial charge in [-0.1, -0.05) is 6.92 Å². The minimum absolute atomic E-state index is 0.240. The van der Waals surface area contributed by atoms with Gasteiger partial charge in [-0.2, -0.15) is 4.68 Å². The van der Waals surface area contributed by atoms with Crippen LogP contribution in [-0.2, 0) is 6.42 Å². The molecule has 0 saturated carbocycles. The first kappa shape index (κ1) is 12.7. The lowest BCUT2D eigenvalue weighted by Gasteiger charge is -2.34. The average Bonchev–Trinajstić information content (AvgIpc) is 2.31. The zero-order valence-corrected chi connectivity index (χ0v) is 10.6. The molecule has 1 aliphatic rings. The number of nitrogens with one attached hydrogen (secondary N) is 1. The predicted octanol–water partition coefficient (Wildman–Crippen LogP) is -1.31. The average molecular weight is 254 g/mol. The highest BCUT2D eigenvalue weighted by atomic mass is 16.3.